The van der Waals surface area contributed by atoms with Crippen LogP contribution in [0, 0.1) is 6.92 Å². The van der Waals surface area contributed by atoms with E-state index in [1.807, 2.05) is 38.1 Å². The first kappa shape index (κ1) is 18.0. The summed E-state index contributed by atoms with van der Waals surface area (Å²) in [6, 6.07) is 7.84. The number of aliphatic carboxylic acids is 1. The van der Waals surface area contributed by atoms with Gasteiger partial charge in [-0.25, -0.2) is 0 Å². The number of aryl methyl sites for hydroxylation is 1. The molecule has 0 aliphatic rings. The lowest BCUT2D eigenvalue weighted by Crippen LogP contribution is -2.36. The topological polar surface area (TPSA) is 66.8 Å². The van der Waals surface area contributed by atoms with Gasteiger partial charge >= 0.3 is 5.97 Å². The second kappa shape index (κ2) is 9.82. The Bertz CT molecular complexity index is 487. The van der Waals surface area contributed by atoms with Gasteiger partial charge in [-0.15, -0.1) is 0 Å². The summed E-state index contributed by atoms with van der Waals surface area (Å²) >= 11 is 0. The highest BCUT2D eigenvalue weighted by molar-refractivity contribution is 5.81. The van der Waals surface area contributed by atoms with Gasteiger partial charge in [0.05, 0.1) is 6.61 Å². The third-order valence-corrected chi connectivity index (χ3v) is 3.22. The smallest absolute Gasteiger partial charge is 0.323 e. The van der Waals surface area contributed by atoms with Gasteiger partial charge in [-0.05, 0) is 43.9 Å². The maximum absolute atomic E-state index is 12.0. The average Bonchev–Trinajstić information content (AvgIpc) is 2.46. The van der Waals surface area contributed by atoms with E-state index < -0.39 is 5.97 Å². The van der Waals surface area contributed by atoms with Gasteiger partial charge in [0, 0.05) is 13.0 Å². The van der Waals surface area contributed by atoms with Crippen molar-refractivity contribution in [2.45, 2.75) is 39.5 Å². The quantitative estimate of drug-likeness (QED) is 0.675. The molecule has 0 aliphatic carbocycles. The number of hydrogen-bond acceptors (Lipinski definition) is 3. The molecule has 1 aromatic carbocycles. The summed E-state index contributed by atoms with van der Waals surface area (Å²) in [5.41, 5.74) is 1.15. The van der Waals surface area contributed by atoms with E-state index in [0.29, 0.717) is 26.0 Å². The standard InChI is InChI=1S/C17H25NO4/c1-3-10-18(13-17(20)21)16(19)9-4-5-11-22-15-8-6-7-14(2)12-15/h6-8,12H,3-5,9-11,13H2,1-2H3,(H,20,21). The molecule has 0 saturated carbocycles. The third kappa shape index (κ3) is 7.11. The number of hydrogen-bond donors (Lipinski definition) is 1. The summed E-state index contributed by atoms with van der Waals surface area (Å²) in [6.07, 6.45) is 2.59. The molecule has 0 heterocycles. The Morgan fingerprint density at radius 2 is 2.05 bits per heavy atom. The van der Waals surface area contributed by atoms with Crippen LogP contribution >= 0.6 is 0 Å². The number of benzene rings is 1. The molecular formula is C17H25NO4. The molecule has 1 rings (SSSR count). The highest BCUT2D eigenvalue weighted by Gasteiger charge is 2.15. The summed E-state index contributed by atoms with van der Waals surface area (Å²) in [7, 11) is 0. The van der Waals surface area contributed by atoms with Crippen LogP contribution in [0.4, 0.5) is 0 Å². The SMILES string of the molecule is CCCN(CC(=O)O)C(=O)CCCCOc1cccc(C)c1. The Morgan fingerprint density at radius 1 is 1.27 bits per heavy atom. The van der Waals surface area contributed by atoms with E-state index in [1.54, 1.807) is 0 Å². The molecule has 0 bridgehead atoms. The Morgan fingerprint density at radius 3 is 2.68 bits per heavy atom. The number of unbranched alkanes of at least 4 members (excludes halogenated alkanes) is 1. The molecule has 1 aromatic rings. The van der Waals surface area contributed by atoms with Gasteiger partial charge in [0.25, 0.3) is 0 Å². The fraction of sp³-hybridized carbons (Fsp3) is 0.529. The lowest BCUT2D eigenvalue weighted by Gasteiger charge is -2.19. The summed E-state index contributed by atoms with van der Waals surface area (Å²) in [5.74, 6) is -0.228. The summed E-state index contributed by atoms with van der Waals surface area (Å²) in [5, 5.41) is 8.80. The maximum Gasteiger partial charge on any atom is 0.323 e. The minimum absolute atomic E-state index is 0.0974. The molecule has 5 heteroatoms. The molecule has 122 valence electrons. The predicted octanol–water partition coefficient (Wildman–Crippen LogP) is 2.87. The first-order valence-corrected chi connectivity index (χ1v) is 7.72. The van der Waals surface area contributed by atoms with Gasteiger partial charge in [-0.2, -0.15) is 0 Å². The molecule has 0 spiro atoms. The predicted molar refractivity (Wildman–Crippen MR) is 85.0 cm³/mol. The lowest BCUT2D eigenvalue weighted by atomic mass is 10.2. The van der Waals surface area contributed by atoms with Crippen LogP contribution in [-0.2, 0) is 9.59 Å². The second-order valence-corrected chi connectivity index (χ2v) is 5.33. The van der Waals surface area contributed by atoms with Crippen molar-refractivity contribution in [1.29, 1.82) is 0 Å². The zero-order valence-corrected chi connectivity index (χ0v) is 13.4. The number of nitrogens with zero attached hydrogens (tertiary/aromatic N) is 1. The van der Waals surface area contributed by atoms with Crippen molar-refractivity contribution in [3.05, 3.63) is 29.8 Å². The zero-order chi connectivity index (χ0) is 16.4. The van der Waals surface area contributed by atoms with Gasteiger partial charge < -0.3 is 14.7 Å². The molecule has 0 radical (unpaired) electrons. The van der Waals surface area contributed by atoms with Crippen molar-refractivity contribution < 1.29 is 19.4 Å². The number of carboxylic acids is 1. The number of amides is 1. The minimum atomic E-state index is -0.968. The zero-order valence-electron chi connectivity index (χ0n) is 13.4. The fourth-order valence-electron chi connectivity index (χ4n) is 2.16. The Balaban J connectivity index is 2.24. The van der Waals surface area contributed by atoms with Gasteiger partial charge in [0.2, 0.25) is 5.91 Å². The highest BCUT2D eigenvalue weighted by atomic mass is 16.5. The molecule has 0 atom stereocenters. The monoisotopic (exact) mass is 307 g/mol. The van der Waals surface area contributed by atoms with Crippen molar-refractivity contribution in [3.8, 4) is 5.75 Å². The lowest BCUT2D eigenvalue weighted by molar-refractivity contribution is -0.144. The average molecular weight is 307 g/mol. The van der Waals surface area contributed by atoms with Crippen LogP contribution in [0.25, 0.3) is 0 Å². The van der Waals surface area contributed by atoms with E-state index in [0.717, 1.165) is 24.2 Å². The maximum atomic E-state index is 12.0. The van der Waals surface area contributed by atoms with Crippen LogP contribution in [0.5, 0.6) is 5.75 Å². The van der Waals surface area contributed by atoms with Crippen LogP contribution in [-0.4, -0.2) is 41.6 Å². The fourth-order valence-corrected chi connectivity index (χ4v) is 2.16. The number of carboxylic acid groups (broad SMARTS) is 1. The molecular weight excluding hydrogens is 282 g/mol. The second-order valence-electron chi connectivity index (χ2n) is 5.33. The molecule has 0 unspecified atom stereocenters. The number of carbonyl (C=O) groups excluding carboxylic acids is 1. The van der Waals surface area contributed by atoms with Crippen molar-refractivity contribution in [2.24, 2.45) is 0 Å². The van der Waals surface area contributed by atoms with Crippen LogP contribution < -0.4 is 4.74 Å². The van der Waals surface area contributed by atoms with E-state index in [1.165, 1.54) is 4.90 Å². The molecule has 22 heavy (non-hydrogen) atoms. The molecule has 0 saturated heterocycles. The van der Waals surface area contributed by atoms with Crippen molar-refractivity contribution in [2.75, 3.05) is 19.7 Å². The molecule has 1 amide bonds. The summed E-state index contributed by atoms with van der Waals surface area (Å²) < 4.78 is 5.62. The van der Waals surface area contributed by atoms with Crippen molar-refractivity contribution >= 4 is 11.9 Å². The van der Waals surface area contributed by atoms with Gasteiger partial charge in [-0.3, -0.25) is 9.59 Å². The molecule has 1 N–H and O–H groups in total. The molecule has 0 aliphatic heterocycles. The highest BCUT2D eigenvalue weighted by Crippen LogP contribution is 2.13. The van der Waals surface area contributed by atoms with E-state index in [4.69, 9.17) is 9.84 Å². The number of ether oxygens (including phenoxy) is 1. The Hall–Kier alpha value is -2.04. The minimum Gasteiger partial charge on any atom is -0.494 e. The van der Waals surface area contributed by atoms with E-state index in [-0.39, 0.29) is 12.5 Å². The van der Waals surface area contributed by atoms with E-state index in [2.05, 4.69) is 0 Å². The Labute approximate surface area is 131 Å². The van der Waals surface area contributed by atoms with Crippen LogP contribution in [0.15, 0.2) is 24.3 Å². The van der Waals surface area contributed by atoms with Crippen LogP contribution in [0.3, 0.4) is 0 Å². The molecule has 0 fully saturated rings. The van der Waals surface area contributed by atoms with Crippen LogP contribution in [0.1, 0.15) is 38.2 Å². The van der Waals surface area contributed by atoms with E-state index >= 15 is 0 Å². The third-order valence-electron chi connectivity index (χ3n) is 3.22. The number of rotatable bonds is 10. The van der Waals surface area contributed by atoms with Gasteiger partial charge in [-0.1, -0.05) is 19.1 Å². The summed E-state index contributed by atoms with van der Waals surface area (Å²) in [4.78, 5) is 24.1. The van der Waals surface area contributed by atoms with Gasteiger partial charge in [0.15, 0.2) is 0 Å². The van der Waals surface area contributed by atoms with Crippen LogP contribution in [0.2, 0.25) is 0 Å². The number of carbonyl (C=O) groups is 2. The summed E-state index contributed by atoms with van der Waals surface area (Å²) in [6.45, 7) is 4.77. The van der Waals surface area contributed by atoms with Gasteiger partial charge in [0.1, 0.15) is 12.3 Å². The van der Waals surface area contributed by atoms with Crippen molar-refractivity contribution in [1.82, 2.24) is 4.90 Å². The first-order valence-electron chi connectivity index (χ1n) is 7.72. The molecule has 5 nitrogen and oxygen atoms in total. The first-order chi connectivity index (χ1) is 10.5. The molecule has 0 aromatic heterocycles. The normalized spacial score (nSPS) is 10.3. The Kier molecular flexibility index (Phi) is 8.04. The van der Waals surface area contributed by atoms with E-state index in [9.17, 15) is 9.59 Å². The van der Waals surface area contributed by atoms with Crippen molar-refractivity contribution in [3.63, 3.8) is 0 Å². The largest absolute Gasteiger partial charge is 0.494 e.